The Balaban J connectivity index is 1.53. The molecule has 0 spiro atoms. The summed E-state index contributed by atoms with van der Waals surface area (Å²) in [5, 5.41) is 10.8. The molecule has 1 heterocycles. The second-order valence-electron chi connectivity index (χ2n) is 7.21. The van der Waals surface area contributed by atoms with Crippen LogP contribution in [0.25, 0.3) is 0 Å². The lowest BCUT2D eigenvalue weighted by Gasteiger charge is -2.32. The van der Waals surface area contributed by atoms with Gasteiger partial charge in [-0.2, -0.15) is 0 Å². The van der Waals surface area contributed by atoms with Gasteiger partial charge in [-0.3, -0.25) is 4.79 Å². The Kier molecular flexibility index (Phi) is 7.86. The Hall–Kier alpha value is -3.63. The molecule has 0 saturated carbocycles. The first-order valence-electron chi connectivity index (χ1n) is 10.2. The zero-order valence-electron chi connectivity index (χ0n) is 17.5. The number of rotatable bonds is 8. The molecule has 2 aromatic rings. The number of alkyl halides is 3. The number of carbonyl (C=O) groups excluding carboxylic acids is 1. The average molecular weight is 468 g/mol. The van der Waals surface area contributed by atoms with Crippen molar-refractivity contribution in [2.75, 3.05) is 26.2 Å². The molecule has 1 saturated heterocycles. The number of hydrogen-bond donors (Lipinski definition) is 2. The molecule has 0 aliphatic carbocycles. The van der Waals surface area contributed by atoms with E-state index in [1.165, 1.54) is 18.2 Å². The summed E-state index contributed by atoms with van der Waals surface area (Å²) < 4.78 is 52.5. The van der Waals surface area contributed by atoms with E-state index in [1.807, 2.05) is 0 Å². The Morgan fingerprint density at radius 3 is 2.45 bits per heavy atom. The molecule has 0 aromatic heterocycles. The number of hydrogen-bond acceptors (Lipinski definition) is 5. The van der Waals surface area contributed by atoms with Crippen molar-refractivity contribution < 1.29 is 42.1 Å². The van der Waals surface area contributed by atoms with Gasteiger partial charge in [0.15, 0.2) is 0 Å². The fraction of sp³-hybridized carbons (Fsp3) is 0.364. The van der Waals surface area contributed by atoms with Crippen molar-refractivity contribution in [2.45, 2.75) is 25.3 Å². The normalized spacial score (nSPS) is 14.5. The maximum Gasteiger partial charge on any atom is 0.573 e. The molecule has 0 radical (unpaired) electrons. The zero-order valence-corrected chi connectivity index (χ0v) is 17.5. The Morgan fingerprint density at radius 1 is 1.06 bits per heavy atom. The molecule has 1 aliphatic rings. The summed E-state index contributed by atoms with van der Waals surface area (Å²) in [6.45, 7) is 0.952. The number of likely N-dealkylation sites (tertiary alicyclic amines) is 1. The molecule has 2 N–H and O–H groups in total. The summed E-state index contributed by atoms with van der Waals surface area (Å²) in [6.07, 6.45) is -5.20. The maximum absolute atomic E-state index is 13.0. The molecule has 2 amide bonds. The van der Waals surface area contributed by atoms with Gasteiger partial charge in [-0.25, -0.2) is 4.79 Å². The highest BCUT2D eigenvalue weighted by Gasteiger charge is 2.31. The molecule has 0 unspecified atom stereocenters. The van der Waals surface area contributed by atoms with Gasteiger partial charge in [0.05, 0.1) is 12.1 Å². The Bertz CT molecular complexity index is 961. The van der Waals surface area contributed by atoms with E-state index in [4.69, 9.17) is 14.6 Å². The summed E-state index contributed by atoms with van der Waals surface area (Å²) in [5.41, 5.74) is 0.365. The molecule has 2 aromatic carbocycles. The standard InChI is InChI=1S/C22H23F3N2O6/c23-22(24,25)33-17-5-3-4-16(14-17)32-15-8-11-27(12-9-15)20(28)18-6-1-2-7-19(18)31-13-10-26-21(29)30/h1-7,14-15,26H,8-13H2,(H,29,30). The van der Waals surface area contributed by atoms with Crippen molar-refractivity contribution in [3.05, 3.63) is 54.1 Å². The monoisotopic (exact) mass is 468 g/mol. The first-order chi connectivity index (χ1) is 15.7. The number of carbonyl (C=O) groups is 2. The van der Waals surface area contributed by atoms with Gasteiger partial charge in [-0.05, 0) is 24.3 Å². The fourth-order valence-electron chi connectivity index (χ4n) is 3.37. The molecule has 0 bridgehead atoms. The molecule has 1 aliphatic heterocycles. The minimum atomic E-state index is -4.78. The lowest BCUT2D eigenvalue weighted by atomic mass is 10.1. The lowest BCUT2D eigenvalue weighted by molar-refractivity contribution is -0.274. The van der Waals surface area contributed by atoms with Crippen molar-refractivity contribution in [2.24, 2.45) is 0 Å². The summed E-state index contributed by atoms with van der Waals surface area (Å²) >= 11 is 0. The van der Waals surface area contributed by atoms with Gasteiger partial charge in [0, 0.05) is 32.0 Å². The van der Waals surface area contributed by atoms with E-state index in [0.717, 1.165) is 0 Å². The predicted molar refractivity (Wildman–Crippen MR) is 111 cm³/mol. The molecular formula is C22H23F3N2O6. The lowest BCUT2D eigenvalue weighted by Crippen LogP contribution is -2.42. The third-order valence-corrected chi connectivity index (χ3v) is 4.82. The number of nitrogens with zero attached hydrogens (tertiary/aromatic N) is 1. The third-order valence-electron chi connectivity index (χ3n) is 4.82. The van der Waals surface area contributed by atoms with Crippen LogP contribution in [0.2, 0.25) is 0 Å². The highest BCUT2D eigenvalue weighted by molar-refractivity contribution is 5.97. The van der Waals surface area contributed by atoms with Crippen LogP contribution in [-0.2, 0) is 0 Å². The molecule has 3 rings (SSSR count). The van der Waals surface area contributed by atoms with Crippen LogP contribution in [0.4, 0.5) is 18.0 Å². The number of halogens is 3. The molecule has 1 fully saturated rings. The molecular weight excluding hydrogens is 445 g/mol. The quantitative estimate of drug-likeness (QED) is 0.570. The highest BCUT2D eigenvalue weighted by Crippen LogP contribution is 2.28. The van der Waals surface area contributed by atoms with Gasteiger partial charge < -0.3 is 29.5 Å². The van der Waals surface area contributed by atoms with E-state index >= 15 is 0 Å². The molecule has 33 heavy (non-hydrogen) atoms. The number of para-hydroxylation sites is 1. The van der Waals surface area contributed by atoms with Crippen molar-refractivity contribution in [1.82, 2.24) is 10.2 Å². The van der Waals surface area contributed by atoms with Gasteiger partial charge in [0.1, 0.15) is 30.0 Å². The second kappa shape index (κ2) is 10.8. The minimum absolute atomic E-state index is 0.0730. The minimum Gasteiger partial charge on any atom is -0.491 e. The van der Waals surface area contributed by atoms with Gasteiger partial charge in [-0.1, -0.05) is 18.2 Å². The average Bonchev–Trinajstić information content (AvgIpc) is 2.76. The van der Waals surface area contributed by atoms with E-state index < -0.39 is 12.5 Å². The smallest absolute Gasteiger partial charge is 0.491 e. The van der Waals surface area contributed by atoms with Crippen LogP contribution in [0, 0.1) is 0 Å². The van der Waals surface area contributed by atoms with E-state index in [0.29, 0.717) is 37.2 Å². The van der Waals surface area contributed by atoms with Crippen LogP contribution < -0.4 is 19.5 Å². The number of benzene rings is 2. The molecule has 178 valence electrons. The van der Waals surface area contributed by atoms with Gasteiger partial charge in [0.25, 0.3) is 5.91 Å². The van der Waals surface area contributed by atoms with E-state index in [2.05, 4.69) is 10.1 Å². The highest BCUT2D eigenvalue weighted by atomic mass is 19.4. The second-order valence-corrected chi connectivity index (χ2v) is 7.21. The fourth-order valence-corrected chi connectivity index (χ4v) is 3.37. The number of piperidine rings is 1. The van der Waals surface area contributed by atoms with Crippen LogP contribution in [-0.4, -0.2) is 60.7 Å². The number of nitrogens with one attached hydrogen (secondary N) is 1. The van der Waals surface area contributed by atoms with E-state index in [1.54, 1.807) is 35.2 Å². The topological polar surface area (TPSA) is 97.3 Å². The number of amides is 2. The van der Waals surface area contributed by atoms with Crippen LogP contribution in [0.5, 0.6) is 17.2 Å². The van der Waals surface area contributed by atoms with Crippen molar-refractivity contribution in [3.63, 3.8) is 0 Å². The van der Waals surface area contributed by atoms with Crippen LogP contribution >= 0.6 is 0 Å². The molecule has 11 heteroatoms. The summed E-state index contributed by atoms with van der Waals surface area (Å²) in [6, 6.07) is 12.0. The summed E-state index contributed by atoms with van der Waals surface area (Å²) in [4.78, 5) is 25.1. The van der Waals surface area contributed by atoms with Crippen molar-refractivity contribution >= 4 is 12.0 Å². The molecule has 0 atom stereocenters. The van der Waals surface area contributed by atoms with E-state index in [9.17, 15) is 22.8 Å². The van der Waals surface area contributed by atoms with Gasteiger partial charge in [0.2, 0.25) is 0 Å². The molecule has 8 nitrogen and oxygen atoms in total. The third kappa shape index (κ3) is 7.48. The first-order valence-corrected chi connectivity index (χ1v) is 10.2. The van der Waals surface area contributed by atoms with Crippen LogP contribution in [0.1, 0.15) is 23.2 Å². The van der Waals surface area contributed by atoms with Crippen LogP contribution in [0.3, 0.4) is 0 Å². The van der Waals surface area contributed by atoms with E-state index in [-0.39, 0.29) is 36.7 Å². The van der Waals surface area contributed by atoms with Crippen molar-refractivity contribution in [1.29, 1.82) is 0 Å². The van der Waals surface area contributed by atoms with Gasteiger partial charge >= 0.3 is 12.5 Å². The van der Waals surface area contributed by atoms with Gasteiger partial charge in [-0.15, -0.1) is 13.2 Å². The van der Waals surface area contributed by atoms with Crippen LogP contribution in [0.15, 0.2) is 48.5 Å². The summed E-state index contributed by atoms with van der Waals surface area (Å²) in [7, 11) is 0. The SMILES string of the molecule is O=C(O)NCCOc1ccccc1C(=O)N1CCC(Oc2cccc(OC(F)(F)F)c2)CC1. The first kappa shape index (κ1) is 24.0. The summed E-state index contributed by atoms with van der Waals surface area (Å²) in [5.74, 6) is 0.0309. The maximum atomic E-state index is 13.0. The Morgan fingerprint density at radius 2 is 1.76 bits per heavy atom. The predicted octanol–water partition coefficient (Wildman–Crippen LogP) is 3.92. The Labute approximate surface area is 187 Å². The zero-order chi connectivity index (χ0) is 23.8. The number of ether oxygens (including phenoxy) is 3. The number of carboxylic acid groups (broad SMARTS) is 1. The largest absolute Gasteiger partial charge is 0.573 e. The van der Waals surface area contributed by atoms with Crippen molar-refractivity contribution in [3.8, 4) is 17.2 Å².